The number of hydrogen-bond donors (Lipinski definition) is 2. The van der Waals surface area contributed by atoms with Crippen molar-refractivity contribution in [2.45, 2.75) is 0 Å². The van der Waals surface area contributed by atoms with Crippen molar-refractivity contribution in [3.05, 3.63) is 41.7 Å². The number of halogens is 1. The standard InChI is InChI=1S/C13H15FN2O3/c1-16(2)7-3-4-12(17)15-11-6-5-9(13(18)19)8-10(11)14/h3-6,8H,7H2,1-2H3,(H,15,17)(H,18,19)/b4-3+. The fourth-order valence-corrected chi connectivity index (χ4v) is 1.29. The van der Waals surface area contributed by atoms with Gasteiger partial charge in [0.05, 0.1) is 11.3 Å². The molecule has 0 fully saturated rings. The van der Waals surface area contributed by atoms with Crippen molar-refractivity contribution in [2.24, 2.45) is 0 Å². The first-order chi connectivity index (χ1) is 8.90. The molecule has 0 aliphatic rings. The summed E-state index contributed by atoms with van der Waals surface area (Å²) in [6, 6.07) is 3.31. The van der Waals surface area contributed by atoms with E-state index in [1.807, 2.05) is 19.0 Å². The Morgan fingerprint density at radius 3 is 2.63 bits per heavy atom. The summed E-state index contributed by atoms with van der Waals surface area (Å²) in [5, 5.41) is 11.0. The molecule has 0 spiro atoms. The number of likely N-dealkylation sites (N-methyl/N-ethyl adjacent to an activating group) is 1. The summed E-state index contributed by atoms with van der Waals surface area (Å²) in [5.41, 5.74) is -0.219. The van der Waals surface area contributed by atoms with E-state index < -0.39 is 17.7 Å². The molecule has 5 nitrogen and oxygen atoms in total. The molecule has 0 saturated heterocycles. The van der Waals surface area contributed by atoms with Crippen LogP contribution in [0.5, 0.6) is 0 Å². The lowest BCUT2D eigenvalue weighted by Crippen LogP contribution is -2.13. The van der Waals surface area contributed by atoms with Crippen LogP contribution < -0.4 is 5.32 Å². The minimum Gasteiger partial charge on any atom is -0.478 e. The number of benzene rings is 1. The fraction of sp³-hybridized carbons (Fsp3) is 0.231. The van der Waals surface area contributed by atoms with Crippen molar-refractivity contribution >= 4 is 17.6 Å². The number of rotatable bonds is 5. The number of hydrogen-bond acceptors (Lipinski definition) is 3. The van der Waals surface area contributed by atoms with E-state index in [2.05, 4.69) is 5.32 Å². The average Bonchev–Trinajstić information content (AvgIpc) is 2.31. The minimum absolute atomic E-state index is 0.0514. The predicted octanol–water partition coefficient (Wildman–Crippen LogP) is 1.58. The Bertz CT molecular complexity index is 513. The second kappa shape index (κ2) is 6.65. The van der Waals surface area contributed by atoms with Gasteiger partial charge in [-0.3, -0.25) is 4.79 Å². The SMILES string of the molecule is CN(C)C/C=C/C(=O)Nc1ccc(C(=O)O)cc1F. The fourth-order valence-electron chi connectivity index (χ4n) is 1.29. The molecule has 0 radical (unpaired) electrons. The molecule has 0 aliphatic carbocycles. The third-order valence-electron chi connectivity index (χ3n) is 2.21. The molecule has 0 heterocycles. The number of anilines is 1. The zero-order valence-corrected chi connectivity index (χ0v) is 10.7. The van der Waals surface area contributed by atoms with E-state index in [4.69, 9.17) is 5.11 Å². The smallest absolute Gasteiger partial charge is 0.335 e. The first-order valence-electron chi connectivity index (χ1n) is 5.55. The maximum Gasteiger partial charge on any atom is 0.335 e. The zero-order valence-electron chi connectivity index (χ0n) is 10.7. The van der Waals surface area contributed by atoms with Crippen LogP contribution in [0.15, 0.2) is 30.4 Å². The molecule has 0 saturated carbocycles. The first-order valence-corrected chi connectivity index (χ1v) is 5.55. The highest BCUT2D eigenvalue weighted by atomic mass is 19.1. The van der Waals surface area contributed by atoms with Crippen LogP contribution in [0.4, 0.5) is 10.1 Å². The summed E-state index contributed by atoms with van der Waals surface area (Å²) in [7, 11) is 3.71. The van der Waals surface area contributed by atoms with Gasteiger partial charge in [-0.15, -0.1) is 0 Å². The maximum absolute atomic E-state index is 13.5. The lowest BCUT2D eigenvalue weighted by molar-refractivity contribution is -0.111. The molecule has 1 amide bonds. The van der Waals surface area contributed by atoms with Crippen molar-refractivity contribution in [1.29, 1.82) is 0 Å². The Labute approximate surface area is 110 Å². The first kappa shape index (κ1) is 14.8. The van der Waals surface area contributed by atoms with Gasteiger partial charge in [0.15, 0.2) is 0 Å². The molecule has 2 N–H and O–H groups in total. The monoisotopic (exact) mass is 266 g/mol. The topological polar surface area (TPSA) is 69.6 Å². The van der Waals surface area contributed by atoms with Gasteiger partial charge in [0.2, 0.25) is 5.91 Å². The second-order valence-corrected chi connectivity index (χ2v) is 4.15. The van der Waals surface area contributed by atoms with Crippen molar-refractivity contribution in [3.8, 4) is 0 Å². The van der Waals surface area contributed by atoms with Crippen LogP contribution >= 0.6 is 0 Å². The third kappa shape index (κ3) is 4.89. The molecule has 0 unspecified atom stereocenters. The number of carboxylic acids is 1. The van der Waals surface area contributed by atoms with Gasteiger partial charge in [0, 0.05) is 12.6 Å². The summed E-state index contributed by atoms with van der Waals surface area (Å²) >= 11 is 0. The normalized spacial score (nSPS) is 10.9. The molecular weight excluding hydrogens is 251 g/mol. The Morgan fingerprint density at radius 2 is 2.11 bits per heavy atom. The minimum atomic E-state index is -1.22. The largest absolute Gasteiger partial charge is 0.478 e. The lowest BCUT2D eigenvalue weighted by Gasteiger charge is -2.06. The van der Waals surface area contributed by atoms with Crippen LogP contribution in [-0.2, 0) is 4.79 Å². The number of carbonyl (C=O) groups is 2. The van der Waals surface area contributed by atoms with Gasteiger partial charge in [-0.1, -0.05) is 6.08 Å². The van der Waals surface area contributed by atoms with Gasteiger partial charge in [0.1, 0.15) is 5.82 Å². The molecule has 0 aliphatic heterocycles. The number of amides is 1. The molecule has 6 heteroatoms. The third-order valence-corrected chi connectivity index (χ3v) is 2.21. The van der Waals surface area contributed by atoms with Crippen LogP contribution in [0.2, 0.25) is 0 Å². The van der Waals surface area contributed by atoms with Gasteiger partial charge >= 0.3 is 5.97 Å². The van der Waals surface area contributed by atoms with Gasteiger partial charge < -0.3 is 15.3 Å². The summed E-state index contributed by atoms with van der Waals surface area (Å²) in [6.07, 6.45) is 2.93. The molecule has 1 rings (SSSR count). The van der Waals surface area contributed by atoms with E-state index >= 15 is 0 Å². The van der Waals surface area contributed by atoms with Gasteiger partial charge in [-0.05, 0) is 32.3 Å². The zero-order chi connectivity index (χ0) is 14.4. The summed E-state index contributed by atoms with van der Waals surface area (Å²) < 4.78 is 13.5. The van der Waals surface area contributed by atoms with Crippen molar-refractivity contribution in [1.82, 2.24) is 4.90 Å². The predicted molar refractivity (Wildman–Crippen MR) is 69.7 cm³/mol. The molecule has 1 aromatic rings. The number of aromatic carboxylic acids is 1. The Balaban J connectivity index is 2.70. The summed E-state index contributed by atoms with van der Waals surface area (Å²) in [6.45, 7) is 0.591. The van der Waals surface area contributed by atoms with Crippen LogP contribution in [0.25, 0.3) is 0 Å². The number of nitrogens with one attached hydrogen (secondary N) is 1. The van der Waals surface area contributed by atoms with E-state index in [0.717, 1.165) is 6.07 Å². The highest BCUT2D eigenvalue weighted by molar-refractivity contribution is 5.99. The van der Waals surface area contributed by atoms with E-state index in [9.17, 15) is 14.0 Å². The Hall–Kier alpha value is -2.21. The van der Waals surface area contributed by atoms with Crippen LogP contribution in [0.3, 0.4) is 0 Å². The second-order valence-electron chi connectivity index (χ2n) is 4.15. The van der Waals surface area contributed by atoms with Gasteiger partial charge in [-0.2, -0.15) is 0 Å². The van der Waals surface area contributed by atoms with Crippen molar-refractivity contribution < 1.29 is 19.1 Å². The molecule has 0 aromatic heterocycles. The Kier molecular flexibility index (Phi) is 5.20. The highest BCUT2D eigenvalue weighted by Gasteiger charge is 2.09. The molecule has 102 valence electrons. The number of carbonyl (C=O) groups excluding carboxylic acids is 1. The van der Waals surface area contributed by atoms with E-state index in [1.165, 1.54) is 18.2 Å². The van der Waals surface area contributed by atoms with Crippen LogP contribution in [0, 0.1) is 5.82 Å². The molecular formula is C13H15FN2O3. The number of nitrogens with zero attached hydrogens (tertiary/aromatic N) is 1. The van der Waals surface area contributed by atoms with Crippen molar-refractivity contribution in [2.75, 3.05) is 26.0 Å². The Morgan fingerprint density at radius 1 is 1.42 bits per heavy atom. The van der Waals surface area contributed by atoms with Crippen molar-refractivity contribution in [3.63, 3.8) is 0 Å². The van der Waals surface area contributed by atoms with E-state index in [1.54, 1.807) is 6.08 Å². The van der Waals surface area contributed by atoms with Crippen LogP contribution in [0.1, 0.15) is 10.4 Å². The lowest BCUT2D eigenvalue weighted by atomic mass is 10.2. The number of carboxylic acid groups (broad SMARTS) is 1. The molecule has 1 aromatic carbocycles. The van der Waals surface area contributed by atoms with Crippen LogP contribution in [-0.4, -0.2) is 42.5 Å². The summed E-state index contributed by atoms with van der Waals surface area (Å²) in [5.74, 6) is -2.47. The van der Waals surface area contributed by atoms with E-state index in [-0.39, 0.29) is 11.3 Å². The molecule has 19 heavy (non-hydrogen) atoms. The highest BCUT2D eigenvalue weighted by Crippen LogP contribution is 2.15. The van der Waals surface area contributed by atoms with Gasteiger partial charge in [-0.25, -0.2) is 9.18 Å². The van der Waals surface area contributed by atoms with E-state index in [0.29, 0.717) is 6.54 Å². The van der Waals surface area contributed by atoms with Gasteiger partial charge in [0.25, 0.3) is 0 Å². The quantitative estimate of drug-likeness (QED) is 0.794. The summed E-state index contributed by atoms with van der Waals surface area (Å²) in [4.78, 5) is 24.0. The molecule has 0 bridgehead atoms. The average molecular weight is 266 g/mol. The maximum atomic E-state index is 13.5. The molecule has 0 atom stereocenters.